The molecule has 2 atom stereocenters. The molecule has 5 heteroatoms. The van der Waals surface area contributed by atoms with Gasteiger partial charge in [-0.1, -0.05) is 32.9 Å². The summed E-state index contributed by atoms with van der Waals surface area (Å²) in [6.45, 7) is 6.49. The number of hydrogen-bond donors (Lipinski definition) is 3. The molecule has 1 aromatic carbocycles. The lowest BCUT2D eigenvalue weighted by atomic mass is 9.64. The Morgan fingerprint density at radius 1 is 1.35 bits per heavy atom. The van der Waals surface area contributed by atoms with Gasteiger partial charge in [-0.3, -0.25) is 0 Å². The van der Waals surface area contributed by atoms with Crippen LogP contribution in [-0.4, -0.2) is 30.4 Å². The number of aliphatic hydroxyl groups is 1. The van der Waals surface area contributed by atoms with Crippen molar-refractivity contribution in [2.75, 3.05) is 19.0 Å². The highest BCUT2D eigenvalue weighted by molar-refractivity contribution is 5.91. The molecule has 2 rings (SSSR count). The van der Waals surface area contributed by atoms with Crippen LogP contribution < -0.4 is 15.4 Å². The number of benzene rings is 1. The molecule has 0 bridgehead atoms. The summed E-state index contributed by atoms with van der Waals surface area (Å²) in [6.07, 6.45) is 2.65. The van der Waals surface area contributed by atoms with Crippen LogP contribution in [0.1, 0.15) is 40.0 Å². The first-order valence-electron chi connectivity index (χ1n) is 8.12. The Labute approximate surface area is 138 Å². The van der Waals surface area contributed by atoms with Crippen LogP contribution in [0, 0.1) is 11.3 Å². The Bertz CT molecular complexity index is 559. The van der Waals surface area contributed by atoms with E-state index in [4.69, 9.17) is 4.74 Å². The number of carbonyl (C=O) groups is 1. The second kappa shape index (κ2) is 6.79. The van der Waals surface area contributed by atoms with Gasteiger partial charge in [-0.2, -0.15) is 0 Å². The van der Waals surface area contributed by atoms with E-state index in [2.05, 4.69) is 31.4 Å². The number of carbonyl (C=O) groups excluding carboxylic acids is 1. The molecule has 0 radical (unpaired) electrons. The van der Waals surface area contributed by atoms with Crippen molar-refractivity contribution in [2.45, 2.75) is 45.6 Å². The summed E-state index contributed by atoms with van der Waals surface area (Å²) < 4.78 is 5.25. The molecule has 0 heterocycles. The minimum atomic E-state index is -0.576. The third-order valence-electron chi connectivity index (χ3n) is 4.49. The molecule has 0 spiro atoms. The van der Waals surface area contributed by atoms with Gasteiger partial charge in [0.1, 0.15) is 5.75 Å². The molecule has 1 aliphatic carbocycles. The van der Waals surface area contributed by atoms with Gasteiger partial charge in [0, 0.05) is 0 Å². The fraction of sp³-hybridized carbons (Fsp3) is 0.611. The van der Waals surface area contributed by atoms with Gasteiger partial charge < -0.3 is 20.5 Å². The predicted molar refractivity (Wildman–Crippen MR) is 91.8 cm³/mol. The predicted octanol–water partition coefficient (Wildman–Crippen LogP) is 3.39. The number of aliphatic hydroxyl groups excluding tert-OH is 1. The summed E-state index contributed by atoms with van der Waals surface area (Å²) in [5, 5.41) is 15.8. The molecule has 2 amide bonds. The zero-order chi connectivity index (χ0) is 17.1. The van der Waals surface area contributed by atoms with E-state index >= 15 is 0 Å². The first-order chi connectivity index (χ1) is 10.8. The van der Waals surface area contributed by atoms with Gasteiger partial charge in [-0.15, -0.1) is 0 Å². The highest BCUT2D eigenvalue weighted by Gasteiger charge is 2.43. The SMILES string of the molecule is COc1ccccc1NC(=O)N[C@]1(CO)C[C@@H](C)CC(C)(C)C1. The zero-order valence-corrected chi connectivity index (χ0v) is 14.5. The molecule has 1 aromatic rings. The number of para-hydroxylation sites is 2. The highest BCUT2D eigenvalue weighted by Crippen LogP contribution is 2.43. The maximum atomic E-state index is 12.4. The van der Waals surface area contributed by atoms with Gasteiger partial charge in [0.25, 0.3) is 0 Å². The van der Waals surface area contributed by atoms with Crippen LogP contribution in [0.15, 0.2) is 24.3 Å². The Morgan fingerprint density at radius 2 is 2.04 bits per heavy atom. The average Bonchev–Trinajstić information content (AvgIpc) is 2.45. The maximum absolute atomic E-state index is 12.4. The van der Waals surface area contributed by atoms with E-state index in [1.54, 1.807) is 19.2 Å². The molecule has 3 N–H and O–H groups in total. The quantitative estimate of drug-likeness (QED) is 0.796. The van der Waals surface area contributed by atoms with Gasteiger partial charge in [0.15, 0.2) is 0 Å². The number of ether oxygens (including phenoxy) is 1. The summed E-state index contributed by atoms with van der Waals surface area (Å²) >= 11 is 0. The number of amides is 2. The lowest BCUT2D eigenvalue weighted by Gasteiger charge is -2.47. The van der Waals surface area contributed by atoms with Gasteiger partial charge in [0.2, 0.25) is 0 Å². The van der Waals surface area contributed by atoms with E-state index in [1.807, 2.05) is 12.1 Å². The first kappa shape index (κ1) is 17.6. The van der Waals surface area contributed by atoms with Gasteiger partial charge in [0.05, 0.1) is 24.9 Å². The monoisotopic (exact) mass is 320 g/mol. The Kier molecular flexibility index (Phi) is 5.19. The van der Waals surface area contributed by atoms with Crippen LogP contribution in [0.4, 0.5) is 10.5 Å². The van der Waals surface area contributed by atoms with Gasteiger partial charge in [-0.05, 0) is 42.7 Å². The number of anilines is 1. The van der Waals surface area contributed by atoms with Crippen molar-refractivity contribution in [1.82, 2.24) is 5.32 Å². The average molecular weight is 320 g/mol. The van der Waals surface area contributed by atoms with Crippen LogP contribution >= 0.6 is 0 Å². The van der Waals surface area contributed by atoms with Crippen molar-refractivity contribution in [2.24, 2.45) is 11.3 Å². The van der Waals surface area contributed by atoms with Crippen LogP contribution in [0.2, 0.25) is 0 Å². The van der Waals surface area contributed by atoms with Crippen molar-refractivity contribution in [3.63, 3.8) is 0 Å². The van der Waals surface area contributed by atoms with E-state index in [0.29, 0.717) is 17.4 Å². The molecule has 0 aromatic heterocycles. The molecular weight excluding hydrogens is 292 g/mol. The summed E-state index contributed by atoms with van der Waals surface area (Å²) in [5.41, 5.74) is 0.134. The second-order valence-electron chi connectivity index (χ2n) is 7.57. The van der Waals surface area contributed by atoms with Crippen LogP contribution in [-0.2, 0) is 0 Å². The van der Waals surface area contributed by atoms with Crippen LogP contribution in [0.25, 0.3) is 0 Å². The van der Waals surface area contributed by atoms with Gasteiger partial charge in [-0.25, -0.2) is 4.79 Å². The third-order valence-corrected chi connectivity index (χ3v) is 4.49. The normalized spacial score (nSPS) is 26.4. The lowest BCUT2D eigenvalue weighted by molar-refractivity contribution is 0.0445. The second-order valence-corrected chi connectivity index (χ2v) is 7.57. The Morgan fingerprint density at radius 3 is 2.65 bits per heavy atom. The van der Waals surface area contributed by atoms with Crippen LogP contribution in [0.3, 0.4) is 0 Å². The standard InChI is InChI=1S/C18H28N2O3/c1-13-9-17(2,3)11-18(10-13,12-21)20-16(22)19-14-7-5-6-8-15(14)23-4/h5-8,13,21H,9-12H2,1-4H3,(H2,19,20,22)/t13-,18+/m0/s1. The molecule has 1 aliphatic rings. The largest absolute Gasteiger partial charge is 0.495 e. The van der Waals surface area contributed by atoms with E-state index < -0.39 is 5.54 Å². The Balaban J connectivity index is 2.10. The molecule has 128 valence electrons. The van der Waals surface area contributed by atoms with Crippen molar-refractivity contribution in [1.29, 1.82) is 0 Å². The summed E-state index contributed by atoms with van der Waals surface area (Å²) in [6, 6.07) is 6.96. The number of nitrogens with one attached hydrogen (secondary N) is 2. The highest BCUT2D eigenvalue weighted by atomic mass is 16.5. The van der Waals surface area contributed by atoms with E-state index in [1.165, 1.54) is 0 Å². The zero-order valence-electron chi connectivity index (χ0n) is 14.5. The topological polar surface area (TPSA) is 70.6 Å². The minimum absolute atomic E-state index is 0.0554. The fourth-order valence-electron chi connectivity index (χ4n) is 4.14. The maximum Gasteiger partial charge on any atom is 0.319 e. The molecule has 1 saturated carbocycles. The van der Waals surface area contributed by atoms with Crippen LogP contribution in [0.5, 0.6) is 5.75 Å². The molecule has 5 nitrogen and oxygen atoms in total. The summed E-state index contributed by atoms with van der Waals surface area (Å²) in [7, 11) is 1.57. The molecule has 1 fully saturated rings. The molecule has 23 heavy (non-hydrogen) atoms. The van der Waals surface area contributed by atoms with E-state index in [0.717, 1.165) is 19.3 Å². The summed E-state index contributed by atoms with van der Waals surface area (Å²) in [5.74, 6) is 1.07. The summed E-state index contributed by atoms with van der Waals surface area (Å²) in [4.78, 5) is 12.4. The molecular formula is C18H28N2O3. The molecule has 0 aliphatic heterocycles. The van der Waals surface area contributed by atoms with E-state index in [9.17, 15) is 9.90 Å². The van der Waals surface area contributed by atoms with Crippen molar-refractivity contribution in [3.8, 4) is 5.75 Å². The lowest BCUT2D eigenvalue weighted by Crippen LogP contribution is -2.58. The number of hydrogen-bond acceptors (Lipinski definition) is 3. The number of rotatable bonds is 4. The minimum Gasteiger partial charge on any atom is -0.495 e. The van der Waals surface area contributed by atoms with Crippen molar-refractivity contribution in [3.05, 3.63) is 24.3 Å². The first-order valence-corrected chi connectivity index (χ1v) is 8.12. The number of methoxy groups -OCH3 is 1. The smallest absolute Gasteiger partial charge is 0.319 e. The van der Waals surface area contributed by atoms with Gasteiger partial charge >= 0.3 is 6.03 Å². The number of urea groups is 1. The van der Waals surface area contributed by atoms with Crippen molar-refractivity contribution < 1.29 is 14.6 Å². The molecule has 0 unspecified atom stereocenters. The van der Waals surface area contributed by atoms with E-state index in [-0.39, 0.29) is 18.1 Å². The molecule has 0 saturated heterocycles. The Hall–Kier alpha value is -1.75. The fourth-order valence-corrected chi connectivity index (χ4v) is 4.14. The third kappa shape index (κ3) is 4.38. The van der Waals surface area contributed by atoms with Crippen molar-refractivity contribution >= 4 is 11.7 Å².